The average molecular weight is 389 g/mol. The van der Waals surface area contributed by atoms with Crippen LogP contribution in [0.15, 0.2) is 30.3 Å². The lowest BCUT2D eigenvalue weighted by Gasteiger charge is -2.30. The molecule has 9 nitrogen and oxygen atoms in total. The number of rotatable bonds is 10. The minimum atomic E-state index is -0.877. The highest BCUT2D eigenvalue weighted by Crippen LogP contribution is 2.10. The maximum atomic E-state index is 12.8. The number of benzene rings is 1. The molecule has 152 valence electrons. The third-order valence-corrected chi connectivity index (χ3v) is 3.88. The second-order valence-corrected chi connectivity index (χ2v) is 6.69. The maximum absolute atomic E-state index is 12.8. The molecule has 1 unspecified atom stereocenters. The van der Waals surface area contributed by atoms with E-state index in [0.29, 0.717) is 6.42 Å². The Morgan fingerprint density at radius 1 is 1.25 bits per heavy atom. The molecule has 3 amide bonds. The summed E-state index contributed by atoms with van der Waals surface area (Å²) in [5, 5.41) is 13.9. The Hall–Kier alpha value is -3.28. The number of hydrogen-bond acceptors (Lipinski definition) is 6. The van der Waals surface area contributed by atoms with Crippen LogP contribution in [0.3, 0.4) is 0 Å². The molecule has 1 aromatic rings. The van der Waals surface area contributed by atoms with Gasteiger partial charge in [-0.2, -0.15) is 5.26 Å². The van der Waals surface area contributed by atoms with Crippen molar-refractivity contribution < 1.29 is 19.1 Å². The summed E-state index contributed by atoms with van der Waals surface area (Å²) in [4.78, 5) is 35.9. The monoisotopic (exact) mass is 389 g/mol. The van der Waals surface area contributed by atoms with Gasteiger partial charge in [-0.25, -0.2) is 14.8 Å². The number of likely N-dealkylation sites (N-methyl/N-ethyl adjacent to an activating group) is 1. The van der Waals surface area contributed by atoms with Crippen molar-refractivity contribution in [3.8, 4) is 6.19 Å². The number of carbonyl (C=O) groups is 3. The molecule has 0 aliphatic rings. The van der Waals surface area contributed by atoms with E-state index in [-0.39, 0.29) is 25.5 Å². The molecule has 9 heteroatoms. The quantitative estimate of drug-likeness (QED) is 0.353. The van der Waals surface area contributed by atoms with Gasteiger partial charge >= 0.3 is 6.09 Å². The van der Waals surface area contributed by atoms with Crippen LogP contribution in [-0.2, 0) is 20.9 Å². The van der Waals surface area contributed by atoms with Gasteiger partial charge in [-0.15, -0.1) is 0 Å². The molecule has 0 heterocycles. The fraction of sp³-hybridized carbons (Fsp3) is 0.474. The Kier molecular flexibility index (Phi) is 9.30. The van der Waals surface area contributed by atoms with Gasteiger partial charge in [0, 0.05) is 13.5 Å². The van der Waals surface area contributed by atoms with E-state index in [4.69, 9.17) is 10.5 Å². The second kappa shape index (κ2) is 11.4. The summed E-state index contributed by atoms with van der Waals surface area (Å²) in [7, 11) is 1.40. The molecule has 0 saturated carbocycles. The fourth-order valence-corrected chi connectivity index (χ4v) is 2.43. The molecule has 0 fully saturated rings. The first-order valence-electron chi connectivity index (χ1n) is 8.94. The third-order valence-electron chi connectivity index (χ3n) is 3.88. The van der Waals surface area contributed by atoms with Gasteiger partial charge in [0.05, 0.1) is 6.54 Å². The molecule has 0 aromatic heterocycles. The van der Waals surface area contributed by atoms with Crippen LogP contribution in [-0.4, -0.2) is 47.6 Å². The molecule has 0 aliphatic carbocycles. The van der Waals surface area contributed by atoms with Gasteiger partial charge in [0.15, 0.2) is 6.19 Å². The molecule has 0 bridgehead atoms. The number of hydrazine groups is 1. The summed E-state index contributed by atoms with van der Waals surface area (Å²) in [6.07, 6.45) is 1.39. The Labute approximate surface area is 165 Å². The van der Waals surface area contributed by atoms with Crippen LogP contribution in [0.4, 0.5) is 4.79 Å². The van der Waals surface area contributed by atoms with Gasteiger partial charge < -0.3 is 15.8 Å². The molecule has 28 heavy (non-hydrogen) atoms. The first-order chi connectivity index (χ1) is 13.2. The summed E-state index contributed by atoms with van der Waals surface area (Å²) in [6.45, 7) is 3.87. The molecule has 1 rings (SSSR count). The first-order valence-corrected chi connectivity index (χ1v) is 8.94. The molecular formula is C19H27N5O4. The summed E-state index contributed by atoms with van der Waals surface area (Å²) in [5.41, 5.74) is 5.92. The van der Waals surface area contributed by atoms with Crippen molar-refractivity contribution in [2.45, 2.75) is 39.3 Å². The predicted octanol–water partition coefficient (Wildman–Crippen LogP) is 1.36. The van der Waals surface area contributed by atoms with Crippen LogP contribution >= 0.6 is 0 Å². The molecule has 1 aromatic carbocycles. The SMILES string of the molecule is CC(C)CC(NC(=O)OCc1ccccc1)C(=O)N(C)N(C#N)CCC(N)=O. The van der Waals surface area contributed by atoms with Gasteiger partial charge in [0.2, 0.25) is 5.91 Å². The van der Waals surface area contributed by atoms with E-state index in [1.165, 1.54) is 7.05 Å². The van der Waals surface area contributed by atoms with Gasteiger partial charge in [0.1, 0.15) is 12.6 Å². The Balaban J connectivity index is 2.73. The van der Waals surface area contributed by atoms with E-state index < -0.39 is 23.9 Å². The van der Waals surface area contributed by atoms with Gasteiger partial charge in [-0.1, -0.05) is 44.2 Å². The van der Waals surface area contributed by atoms with Crippen molar-refractivity contribution in [1.82, 2.24) is 15.3 Å². The fourth-order valence-electron chi connectivity index (χ4n) is 2.43. The summed E-state index contributed by atoms with van der Waals surface area (Å²) < 4.78 is 5.18. The van der Waals surface area contributed by atoms with Crippen molar-refractivity contribution in [3.63, 3.8) is 0 Å². The maximum Gasteiger partial charge on any atom is 0.408 e. The van der Waals surface area contributed by atoms with Crippen molar-refractivity contribution in [3.05, 3.63) is 35.9 Å². The largest absolute Gasteiger partial charge is 0.445 e. The third kappa shape index (κ3) is 7.95. The topological polar surface area (TPSA) is 129 Å². The minimum Gasteiger partial charge on any atom is -0.445 e. The Morgan fingerprint density at radius 3 is 2.43 bits per heavy atom. The number of ether oxygens (including phenoxy) is 1. The van der Waals surface area contributed by atoms with Crippen LogP contribution in [0, 0.1) is 17.4 Å². The molecule has 0 radical (unpaired) electrons. The highest BCUT2D eigenvalue weighted by atomic mass is 16.5. The number of nitriles is 1. The number of carbonyl (C=O) groups excluding carboxylic acids is 3. The molecule has 0 saturated heterocycles. The first kappa shape index (κ1) is 22.8. The second-order valence-electron chi connectivity index (χ2n) is 6.69. The number of primary amides is 1. The molecule has 0 spiro atoms. The lowest BCUT2D eigenvalue weighted by atomic mass is 10.0. The summed E-state index contributed by atoms with van der Waals surface area (Å²) in [5.74, 6) is -0.961. The highest BCUT2D eigenvalue weighted by Gasteiger charge is 2.28. The molecular weight excluding hydrogens is 362 g/mol. The van der Waals surface area contributed by atoms with E-state index in [9.17, 15) is 19.6 Å². The molecule has 3 N–H and O–H groups in total. The van der Waals surface area contributed by atoms with Crippen molar-refractivity contribution >= 4 is 17.9 Å². The van der Waals surface area contributed by atoms with E-state index in [1.54, 1.807) is 0 Å². The summed E-state index contributed by atoms with van der Waals surface area (Å²) >= 11 is 0. The number of amides is 3. The Bertz CT molecular complexity index is 702. The van der Waals surface area contributed by atoms with Gasteiger partial charge in [0.25, 0.3) is 5.91 Å². The molecule has 0 aliphatic heterocycles. The van der Waals surface area contributed by atoms with E-state index in [2.05, 4.69) is 5.32 Å². The predicted molar refractivity (Wildman–Crippen MR) is 102 cm³/mol. The molecule has 1 atom stereocenters. The van der Waals surface area contributed by atoms with E-state index in [0.717, 1.165) is 15.6 Å². The van der Waals surface area contributed by atoms with Gasteiger partial charge in [-0.05, 0) is 17.9 Å². The lowest BCUT2D eigenvalue weighted by Crippen LogP contribution is -2.52. The van der Waals surface area contributed by atoms with Crippen molar-refractivity contribution in [1.29, 1.82) is 5.26 Å². The zero-order valence-electron chi connectivity index (χ0n) is 16.4. The van der Waals surface area contributed by atoms with E-state index >= 15 is 0 Å². The van der Waals surface area contributed by atoms with Crippen LogP contribution in [0.1, 0.15) is 32.3 Å². The van der Waals surface area contributed by atoms with Crippen LogP contribution < -0.4 is 11.1 Å². The average Bonchev–Trinajstić information content (AvgIpc) is 2.65. The van der Waals surface area contributed by atoms with Gasteiger partial charge in [-0.3, -0.25) is 9.59 Å². The number of alkyl carbamates (subject to hydrolysis) is 1. The number of hydrogen-bond donors (Lipinski definition) is 2. The van der Waals surface area contributed by atoms with Crippen LogP contribution in [0.5, 0.6) is 0 Å². The van der Waals surface area contributed by atoms with Crippen molar-refractivity contribution in [2.24, 2.45) is 11.7 Å². The number of nitrogens with one attached hydrogen (secondary N) is 1. The zero-order valence-corrected chi connectivity index (χ0v) is 16.4. The zero-order chi connectivity index (χ0) is 21.1. The van der Waals surface area contributed by atoms with E-state index in [1.807, 2.05) is 50.4 Å². The summed E-state index contributed by atoms with van der Waals surface area (Å²) in [6, 6.07) is 8.29. The number of nitrogens with two attached hydrogens (primary N) is 1. The normalized spacial score (nSPS) is 11.2. The van der Waals surface area contributed by atoms with Crippen LogP contribution in [0.25, 0.3) is 0 Å². The highest BCUT2D eigenvalue weighted by molar-refractivity contribution is 5.85. The van der Waals surface area contributed by atoms with Crippen LogP contribution in [0.2, 0.25) is 0 Å². The van der Waals surface area contributed by atoms with Crippen molar-refractivity contribution in [2.75, 3.05) is 13.6 Å². The Morgan fingerprint density at radius 2 is 1.89 bits per heavy atom. The smallest absolute Gasteiger partial charge is 0.408 e. The minimum absolute atomic E-state index is 0.0269. The number of nitrogens with zero attached hydrogens (tertiary/aromatic N) is 3. The standard InChI is InChI=1S/C19H27N5O4/c1-14(2)11-16(18(26)23(3)24(13-20)10-9-17(21)25)22-19(27)28-12-15-7-5-4-6-8-15/h4-8,14,16H,9-12H2,1-3H3,(H2,21,25)(H,22,27). The lowest BCUT2D eigenvalue weighted by molar-refractivity contribution is -0.144.